The largest absolute Gasteiger partial charge is 0.354 e. The second-order valence-electron chi connectivity index (χ2n) is 7.63. The lowest BCUT2D eigenvalue weighted by molar-refractivity contribution is -0.125. The molecule has 3 aromatic rings. The van der Waals surface area contributed by atoms with Gasteiger partial charge in [-0.2, -0.15) is 0 Å². The van der Waals surface area contributed by atoms with Crippen LogP contribution in [0.4, 0.5) is 5.82 Å². The molecule has 1 atom stereocenters. The maximum atomic E-state index is 12.6. The number of carbonyl (C=O) groups excluding carboxylic acids is 1. The van der Waals surface area contributed by atoms with Crippen molar-refractivity contribution in [1.82, 2.24) is 15.5 Å². The highest BCUT2D eigenvalue weighted by atomic mass is 16.1. The first-order chi connectivity index (χ1) is 14.2. The van der Waals surface area contributed by atoms with Gasteiger partial charge in [-0.05, 0) is 37.5 Å². The minimum Gasteiger partial charge on any atom is -0.354 e. The van der Waals surface area contributed by atoms with Crippen LogP contribution >= 0.6 is 0 Å². The van der Waals surface area contributed by atoms with Gasteiger partial charge >= 0.3 is 0 Å². The Labute approximate surface area is 171 Å². The smallest absolute Gasteiger partial charge is 0.225 e. The van der Waals surface area contributed by atoms with E-state index < -0.39 is 0 Å². The fourth-order valence-corrected chi connectivity index (χ4v) is 3.70. The Morgan fingerprint density at radius 2 is 1.83 bits per heavy atom. The van der Waals surface area contributed by atoms with Crippen LogP contribution in [0.5, 0.6) is 0 Å². The maximum Gasteiger partial charge on any atom is 0.225 e. The van der Waals surface area contributed by atoms with E-state index >= 15 is 0 Å². The van der Waals surface area contributed by atoms with Crippen molar-refractivity contribution in [2.45, 2.75) is 26.3 Å². The van der Waals surface area contributed by atoms with Crippen molar-refractivity contribution < 1.29 is 4.79 Å². The summed E-state index contributed by atoms with van der Waals surface area (Å²) in [5, 5.41) is 11.9. The van der Waals surface area contributed by atoms with Crippen molar-refractivity contribution in [2.24, 2.45) is 5.92 Å². The quantitative estimate of drug-likeness (QED) is 0.720. The van der Waals surface area contributed by atoms with Crippen molar-refractivity contribution in [3.63, 3.8) is 0 Å². The van der Waals surface area contributed by atoms with Gasteiger partial charge in [-0.25, -0.2) is 0 Å². The third kappa shape index (κ3) is 4.80. The van der Waals surface area contributed by atoms with Crippen molar-refractivity contribution >= 4 is 11.7 Å². The van der Waals surface area contributed by atoms with Crippen LogP contribution in [0.25, 0.3) is 11.3 Å². The van der Waals surface area contributed by atoms with Gasteiger partial charge in [0.1, 0.15) is 0 Å². The Balaban J connectivity index is 1.37. The molecule has 1 saturated heterocycles. The molecule has 2 heterocycles. The molecule has 1 aliphatic rings. The summed E-state index contributed by atoms with van der Waals surface area (Å²) in [6.07, 6.45) is 1.89. The lowest BCUT2D eigenvalue weighted by Crippen LogP contribution is -2.43. The zero-order chi connectivity index (χ0) is 20.1. The number of nitrogens with one attached hydrogen (secondary N) is 1. The number of hydrogen-bond donors (Lipinski definition) is 1. The van der Waals surface area contributed by atoms with Crippen LogP contribution in [0, 0.1) is 12.8 Å². The first kappa shape index (κ1) is 19.1. The van der Waals surface area contributed by atoms with Crippen LogP contribution < -0.4 is 10.2 Å². The van der Waals surface area contributed by atoms with Gasteiger partial charge in [0, 0.05) is 25.2 Å². The minimum absolute atomic E-state index is 0.0222. The molecule has 0 radical (unpaired) electrons. The minimum atomic E-state index is -0.0222. The fourth-order valence-electron chi connectivity index (χ4n) is 3.70. The summed E-state index contributed by atoms with van der Waals surface area (Å²) in [5.41, 5.74) is 4.27. The van der Waals surface area contributed by atoms with E-state index in [1.54, 1.807) is 0 Å². The Hall–Kier alpha value is -3.21. The SMILES string of the molecule is Cc1ccc(-c2ccc(N3CCC[C@@H](C(=O)NCc4ccccc4)C3)nn2)cc1. The first-order valence-corrected chi connectivity index (χ1v) is 10.2. The first-order valence-electron chi connectivity index (χ1n) is 10.2. The van der Waals surface area contributed by atoms with Crippen molar-refractivity contribution in [1.29, 1.82) is 0 Å². The van der Waals surface area contributed by atoms with Gasteiger partial charge in [0.2, 0.25) is 5.91 Å². The van der Waals surface area contributed by atoms with Crippen LogP contribution in [0.3, 0.4) is 0 Å². The lowest BCUT2D eigenvalue weighted by Gasteiger charge is -2.32. The van der Waals surface area contributed by atoms with Gasteiger partial charge in [-0.15, -0.1) is 10.2 Å². The van der Waals surface area contributed by atoms with E-state index in [-0.39, 0.29) is 11.8 Å². The zero-order valence-electron chi connectivity index (χ0n) is 16.7. The highest BCUT2D eigenvalue weighted by Crippen LogP contribution is 2.23. The van der Waals surface area contributed by atoms with Crippen molar-refractivity contribution in [3.8, 4) is 11.3 Å². The molecule has 5 heteroatoms. The van der Waals surface area contributed by atoms with Gasteiger partial charge in [0.05, 0.1) is 11.6 Å². The summed E-state index contributed by atoms with van der Waals surface area (Å²) in [6, 6.07) is 22.3. The van der Waals surface area contributed by atoms with Crippen LogP contribution in [-0.2, 0) is 11.3 Å². The average Bonchev–Trinajstić information content (AvgIpc) is 2.79. The highest BCUT2D eigenvalue weighted by Gasteiger charge is 2.26. The average molecular weight is 386 g/mol. The van der Waals surface area contributed by atoms with Crippen LogP contribution in [0.15, 0.2) is 66.7 Å². The third-order valence-corrected chi connectivity index (χ3v) is 5.42. The number of aromatic nitrogens is 2. The van der Waals surface area contributed by atoms with E-state index in [4.69, 9.17) is 0 Å². The molecular formula is C24H26N4O. The van der Waals surface area contributed by atoms with Gasteiger partial charge in [-0.3, -0.25) is 4.79 Å². The van der Waals surface area contributed by atoms with E-state index in [1.807, 2.05) is 42.5 Å². The zero-order valence-corrected chi connectivity index (χ0v) is 16.7. The topological polar surface area (TPSA) is 58.1 Å². The second kappa shape index (κ2) is 8.86. The molecule has 148 valence electrons. The van der Waals surface area contributed by atoms with Crippen molar-refractivity contribution in [2.75, 3.05) is 18.0 Å². The molecule has 4 rings (SSSR count). The number of nitrogens with zero attached hydrogens (tertiary/aromatic N) is 3. The van der Waals surface area contributed by atoms with Crippen LogP contribution in [-0.4, -0.2) is 29.2 Å². The Kier molecular flexibility index (Phi) is 5.84. The van der Waals surface area contributed by atoms with E-state index in [9.17, 15) is 4.79 Å². The molecule has 1 fully saturated rings. The molecule has 1 aliphatic heterocycles. The lowest BCUT2D eigenvalue weighted by atomic mass is 9.97. The molecule has 0 unspecified atom stereocenters. The van der Waals surface area contributed by atoms with Gasteiger partial charge in [-0.1, -0.05) is 60.2 Å². The predicted molar refractivity (Wildman–Crippen MR) is 115 cm³/mol. The van der Waals surface area contributed by atoms with E-state index in [0.717, 1.165) is 42.0 Å². The number of aryl methyl sites for hydroxylation is 1. The second-order valence-corrected chi connectivity index (χ2v) is 7.63. The summed E-state index contributed by atoms with van der Waals surface area (Å²) < 4.78 is 0. The summed E-state index contributed by atoms with van der Waals surface area (Å²) in [4.78, 5) is 14.8. The molecule has 0 bridgehead atoms. The van der Waals surface area contributed by atoms with Crippen LogP contribution in [0.2, 0.25) is 0 Å². The molecule has 29 heavy (non-hydrogen) atoms. The number of carbonyl (C=O) groups is 1. The predicted octanol–water partition coefficient (Wildman–Crippen LogP) is 3.98. The molecule has 1 amide bonds. The van der Waals surface area contributed by atoms with Crippen molar-refractivity contribution in [3.05, 3.63) is 77.9 Å². The van der Waals surface area contributed by atoms with E-state index in [0.29, 0.717) is 13.1 Å². The molecule has 0 spiro atoms. The summed E-state index contributed by atoms with van der Waals surface area (Å²) >= 11 is 0. The standard InChI is InChI=1S/C24H26N4O/c1-18-9-11-20(12-10-18)22-13-14-23(27-26-22)28-15-5-8-21(17-28)24(29)25-16-19-6-3-2-4-7-19/h2-4,6-7,9-14,21H,5,8,15-17H2,1H3,(H,25,29)/t21-/m1/s1. The van der Waals surface area contributed by atoms with Gasteiger partial charge < -0.3 is 10.2 Å². The highest BCUT2D eigenvalue weighted by molar-refractivity contribution is 5.79. The number of rotatable bonds is 5. The van der Waals surface area contributed by atoms with Crippen LogP contribution in [0.1, 0.15) is 24.0 Å². The summed E-state index contributed by atoms with van der Waals surface area (Å²) in [7, 11) is 0. The molecule has 2 aromatic carbocycles. The summed E-state index contributed by atoms with van der Waals surface area (Å²) in [6.45, 7) is 4.22. The number of benzene rings is 2. The monoisotopic (exact) mass is 386 g/mol. The molecule has 1 N–H and O–H groups in total. The Bertz CT molecular complexity index is 939. The van der Waals surface area contributed by atoms with Gasteiger partial charge in [0.15, 0.2) is 5.82 Å². The number of piperidine rings is 1. The number of amides is 1. The van der Waals surface area contributed by atoms with E-state index in [1.165, 1.54) is 5.56 Å². The third-order valence-electron chi connectivity index (χ3n) is 5.42. The Morgan fingerprint density at radius 3 is 2.55 bits per heavy atom. The maximum absolute atomic E-state index is 12.6. The molecule has 0 saturated carbocycles. The fraction of sp³-hybridized carbons (Fsp3) is 0.292. The molecule has 0 aliphatic carbocycles. The Morgan fingerprint density at radius 1 is 1.03 bits per heavy atom. The molecule has 1 aromatic heterocycles. The summed E-state index contributed by atoms with van der Waals surface area (Å²) in [5.74, 6) is 0.926. The normalized spacial score (nSPS) is 16.4. The number of hydrogen-bond acceptors (Lipinski definition) is 4. The molecule has 5 nitrogen and oxygen atoms in total. The number of anilines is 1. The van der Waals surface area contributed by atoms with E-state index in [2.05, 4.69) is 51.6 Å². The van der Waals surface area contributed by atoms with Gasteiger partial charge in [0.25, 0.3) is 0 Å². The molecular weight excluding hydrogens is 360 g/mol.